The molecule has 1 heterocycles. The van der Waals surface area contributed by atoms with E-state index in [9.17, 15) is 4.79 Å². The summed E-state index contributed by atoms with van der Waals surface area (Å²) >= 11 is 1.33. The molecule has 0 saturated carbocycles. The number of aromatic nitrogens is 3. The van der Waals surface area contributed by atoms with Gasteiger partial charge in [-0.25, -0.2) is 5.43 Å². The van der Waals surface area contributed by atoms with Crippen LogP contribution < -0.4 is 10.3 Å². The van der Waals surface area contributed by atoms with Gasteiger partial charge in [-0.3, -0.25) is 9.36 Å². The van der Waals surface area contributed by atoms with E-state index in [2.05, 4.69) is 32.9 Å². The average Bonchev–Trinajstić information content (AvgIpc) is 3.26. The van der Waals surface area contributed by atoms with Gasteiger partial charge in [-0.15, -0.1) is 10.2 Å². The van der Waals surface area contributed by atoms with Crippen molar-refractivity contribution in [3.63, 3.8) is 0 Å². The van der Waals surface area contributed by atoms with Crippen molar-refractivity contribution in [2.75, 3.05) is 24.7 Å². The Morgan fingerprint density at radius 1 is 0.971 bits per heavy atom. The lowest BCUT2D eigenvalue weighted by Crippen LogP contribution is -2.20. The summed E-state index contributed by atoms with van der Waals surface area (Å²) in [5, 5.41) is 13.5. The van der Waals surface area contributed by atoms with Gasteiger partial charge in [-0.2, -0.15) is 5.10 Å². The number of thioether (sulfide) groups is 1. The standard InChI is InChI=1S/C26H26N6OS/c1-31(2)22-15-13-21(14-16-22)18-27-29-25(33)19-34-26-30-28-24(17-20-9-5-3-6-10-20)32(26)23-11-7-4-8-12-23/h3-16,18H,17,19H2,1-2H3,(H,29,33)/b27-18+. The predicted octanol–water partition coefficient (Wildman–Crippen LogP) is 4.17. The highest BCUT2D eigenvalue weighted by Crippen LogP contribution is 2.23. The monoisotopic (exact) mass is 470 g/mol. The number of hydrogen-bond donors (Lipinski definition) is 1. The number of carbonyl (C=O) groups is 1. The largest absolute Gasteiger partial charge is 0.378 e. The molecule has 1 aromatic heterocycles. The fraction of sp³-hybridized carbons (Fsp3) is 0.154. The van der Waals surface area contributed by atoms with Crippen LogP contribution in [0.15, 0.2) is 95.2 Å². The first kappa shape index (κ1) is 23.3. The summed E-state index contributed by atoms with van der Waals surface area (Å²) in [6.45, 7) is 0. The molecule has 0 spiro atoms. The Hall–Kier alpha value is -3.91. The minimum Gasteiger partial charge on any atom is -0.378 e. The molecule has 0 bridgehead atoms. The van der Waals surface area contributed by atoms with E-state index in [1.165, 1.54) is 11.8 Å². The van der Waals surface area contributed by atoms with E-state index in [1.807, 2.05) is 96.4 Å². The molecule has 0 saturated heterocycles. The zero-order chi connectivity index (χ0) is 23.8. The van der Waals surface area contributed by atoms with Crippen LogP contribution in [0.4, 0.5) is 5.69 Å². The van der Waals surface area contributed by atoms with Gasteiger partial charge >= 0.3 is 0 Å². The molecule has 34 heavy (non-hydrogen) atoms. The number of nitrogens with one attached hydrogen (secondary N) is 1. The highest BCUT2D eigenvalue weighted by atomic mass is 32.2. The highest BCUT2D eigenvalue weighted by Gasteiger charge is 2.16. The maximum atomic E-state index is 12.4. The topological polar surface area (TPSA) is 75.4 Å². The molecule has 0 aliphatic carbocycles. The third-order valence-corrected chi connectivity index (χ3v) is 5.99. The van der Waals surface area contributed by atoms with Crippen molar-refractivity contribution in [2.45, 2.75) is 11.6 Å². The second-order valence-electron chi connectivity index (χ2n) is 7.80. The van der Waals surface area contributed by atoms with Crippen molar-refractivity contribution in [3.05, 3.63) is 102 Å². The molecule has 0 fully saturated rings. The van der Waals surface area contributed by atoms with E-state index in [0.717, 1.165) is 28.3 Å². The van der Waals surface area contributed by atoms with E-state index in [1.54, 1.807) is 6.21 Å². The second-order valence-corrected chi connectivity index (χ2v) is 8.74. The van der Waals surface area contributed by atoms with E-state index in [0.29, 0.717) is 11.6 Å². The first-order valence-electron chi connectivity index (χ1n) is 10.9. The quantitative estimate of drug-likeness (QED) is 0.226. The summed E-state index contributed by atoms with van der Waals surface area (Å²) in [5.74, 6) is 0.783. The lowest BCUT2D eigenvalue weighted by molar-refractivity contribution is -0.118. The van der Waals surface area contributed by atoms with Crippen LogP contribution >= 0.6 is 11.8 Å². The minimum absolute atomic E-state index is 0.174. The van der Waals surface area contributed by atoms with Crippen LogP contribution in [-0.2, 0) is 11.2 Å². The number of anilines is 1. The normalized spacial score (nSPS) is 11.0. The number of hydrazone groups is 1. The lowest BCUT2D eigenvalue weighted by Gasteiger charge is -2.11. The fourth-order valence-electron chi connectivity index (χ4n) is 3.32. The number of benzene rings is 3. The summed E-state index contributed by atoms with van der Waals surface area (Å²) in [6, 6.07) is 28.0. The van der Waals surface area contributed by atoms with Crippen LogP contribution in [0.5, 0.6) is 0 Å². The van der Waals surface area contributed by atoms with Crippen molar-refractivity contribution in [3.8, 4) is 5.69 Å². The number of rotatable bonds is 9. The molecule has 0 atom stereocenters. The van der Waals surface area contributed by atoms with Crippen LogP contribution in [0.25, 0.3) is 5.69 Å². The molecule has 0 aliphatic heterocycles. The molecule has 1 N–H and O–H groups in total. The van der Waals surface area contributed by atoms with Crippen molar-refractivity contribution in [1.82, 2.24) is 20.2 Å². The van der Waals surface area contributed by atoms with Gasteiger partial charge in [0.05, 0.1) is 12.0 Å². The molecule has 4 rings (SSSR count). The van der Waals surface area contributed by atoms with Crippen LogP contribution in [-0.4, -0.2) is 46.7 Å². The SMILES string of the molecule is CN(C)c1ccc(/C=N/NC(=O)CSc2nnc(Cc3ccccc3)n2-c2ccccc2)cc1. The molecule has 8 heteroatoms. The first-order valence-corrected chi connectivity index (χ1v) is 11.8. The van der Waals surface area contributed by atoms with E-state index >= 15 is 0 Å². The Labute approximate surface area is 203 Å². The summed E-state index contributed by atoms with van der Waals surface area (Å²) in [5.41, 5.74) is 6.71. The smallest absolute Gasteiger partial charge is 0.250 e. The fourth-order valence-corrected chi connectivity index (χ4v) is 4.09. The Morgan fingerprint density at radius 2 is 1.65 bits per heavy atom. The van der Waals surface area contributed by atoms with Crippen LogP contribution in [0.1, 0.15) is 17.0 Å². The van der Waals surface area contributed by atoms with Crippen LogP contribution in [0.3, 0.4) is 0 Å². The molecule has 0 radical (unpaired) electrons. The van der Waals surface area contributed by atoms with Crippen molar-refractivity contribution in [1.29, 1.82) is 0 Å². The molecule has 7 nitrogen and oxygen atoms in total. The number of carbonyl (C=O) groups excluding carboxylic acids is 1. The molecular weight excluding hydrogens is 444 g/mol. The molecule has 1 amide bonds. The van der Waals surface area contributed by atoms with Crippen molar-refractivity contribution < 1.29 is 4.79 Å². The van der Waals surface area contributed by atoms with Crippen molar-refractivity contribution >= 4 is 29.6 Å². The number of amides is 1. The van der Waals surface area contributed by atoms with Crippen LogP contribution in [0.2, 0.25) is 0 Å². The highest BCUT2D eigenvalue weighted by molar-refractivity contribution is 7.99. The lowest BCUT2D eigenvalue weighted by atomic mass is 10.1. The Bertz CT molecular complexity index is 1240. The molecular formula is C26H26N6OS. The van der Waals surface area contributed by atoms with Crippen LogP contribution in [0, 0.1) is 0 Å². The maximum Gasteiger partial charge on any atom is 0.250 e. The average molecular weight is 471 g/mol. The van der Waals surface area contributed by atoms with Gasteiger partial charge in [0.15, 0.2) is 5.16 Å². The first-order chi connectivity index (χ1) is 16.6. The molecule has 172 valence electrons. The molecule has 0 unspecified atom stereocenters. The van der Waals surface area contributed by atoms with E-state index in [-0.39, 0.29) is 11.7 Å². The van der Waals surface area contributed by atoms with Gasteiger partial charge in [0, 0.05) is 31.9 Å². The third-order valence-electron chi connectivity index (χ3n) is 5.06. The third kappa shape index (κ3) is 6.11. The summed E-state index contributed by atoms with van der Waals surface area (Å²) in [4.78, 5) is 14.4. The second kappa shape index (κ2) is 11.3. The summed E-state index contributed by atoms with van der Waals surface area (Å²) in [7, 11) is 3.98. The number of nitrogens with zero attached hydrogens (tertiary/aromatic N) is 5. The minimum atomic E-state index is -0.210. The Morgan fingerprint density at radius 3 is 2.32 bits per heavy atom. The van der Waals surface area contributed by atoms with Gasteiger partial charge in [0.25, 0.3) is 5.91 Å². The zero-order valence-corrected chi connectivity index (χ0v) is 19.9. The zero-order valence-electron chi connectivity index (χ0n) is 19.1. The Balaban J connectivity index is 1.41. The van der Waals surface area contributed by atoms with Gasteiger partial charge in [0.1, 0.15) is 5.82 Å². The molecule has 0 aliphatic rings. The Kier molecular flexibility index (Phi) is 7.72. The van der Waals surface area contributed by atoms with Gasteiger partial charge in [-0.05, 0) is 35.4 Å². The van der Waals surface area contributed by atoms with Gasteiger partial charge in [0.2, 0.25) is 0 Å². The van der Waals surface area contributed by atoms with E-state index in [4.69, 9.17) is 0 Å². The summed E-state index contributed by atoms with van der Waals surface area (Å²) < 4.78 is 2.00. The number of hydrogen-bond acceptors (Lipinski definition) is 6. The van der Waals surface area contributed by atoms with Gasteiger partial charge < -0.3 is 4.90 Å². The molecule has 4 aromatic rings. The van der Waals surface area contributed by atoms with Gasteiger partial charge in [-0.1, -0.05) is 72.4 Å². The maximum absolute atomic E-state index is 12.4. The molecule has 3 aromatic carbocycles. The van der Waals surface area contributed by atoms with E-state index < -0.39 is 0 Å². The number of para-hydroxylation sites is 1. The predicted molar refractivity (Wildman–Crippen MR) is 138 cm³/mol. The summed E-state index contributed by atoms with van der Waals surface area (Å²) in [6.07, 6.45) is 2.28. The van der Waals surface area contributed by atoms with Crippen molar-refractivity contribution in [2.24, 2.45) is 5.10 Å².